The van der Waals surface area contributed by atoms with E-state index in [0.29, 0.717) is 12.1 Å². The molecule has 0 radical (unpaired) electrons. The zero-order valence-electron chi connectivity index (χ0n) is 11.7. The number of nitrogens with one attached hydrogen (secondary N) is 2. The molecule has 0 aliphatic rings. The monoisotopic (exact) mass is 282 g/mol. The molecule has 1 aromatic carbocycles. The topological polar surface area (TPSA) is 58.2 Å². The van der Waals surface area contributed by atoms with Gasteiger partial charge in [-0.3, -0.25) is 9.00 Å². The van der Waals surface area contributed by atoms with E-state index >= 15 is 0 Å². The van der Waals surface area contributed by atoms with Gasteiger partial charge in [0, 0.05) is 41.1 Å². The van der Waals surface area contributed by atoms with Crippen molar-refractivity contribution in [3.63, 3.8) is 0 Å². The molecule has 2 N–H and O–H groups in total. The summed E-state index contributed by atoms with van der Waals surface area (Å²) in [5, 5.41) is 6.02. The smallest absolute Gasteiger partial charge is 0.253 e. The predicted octanol–water partition coefficient (Wildman–Crippen LogP) is 2.01. The van der Waals surface area contributed by atoms with Gasteiger partial charge in [0.25, 0.3) is 5.91 Å². The first-order valence-electron chi connectivity index (χ1n) is 6.49. The number of rotatable bonds is 7. The fourth-order valence-electron chi connectivity index (χ4n) is 1.54. The van der Waals surface area contributed by atoms with Gasteiger partial charge in [0.15, 0.2) is 0 Å². The van der Waals surface area contributed by atoms with Crippen molar-refractivity contribution in [1.82, 2.24) is 5.32 Å². The molecule has 1 aromatic rings. The zero-order valence-corrected chi connectivity index (χ0v) is 12.5. The third-order valence-corrected chi connectivity index (χ3v) is 4.15. The first kappa shape index (κ1) is 15.7. The molecule has 0 spiro atoms. The molecule has 0 aliphatic heterocycles. The summed E-state index contributed by atoms with van der Waals surface area (Å²) in [6.07, 6.45) is 2.65. The maximum Gasteiger partial charge on any atom is 0.253 e. The van der Waals surface area contributed by atoms with E-state index in [0.717, 1.165) is 18.7 Å². The van der Waals surface area contributed by atoms with Gasteiger partial charge >= 0.3 is 0 Å². The van der Waals surface area contributed by atoms with Gasteiger partial charge in [0.1, 0.15) is 0 Å². The van der Waals surface area contributed by atoms with E-state index in [9.17, 15) is 9.00 Å². The van der Waals surface area contributed by atoms with E-state index in [4.69, 9.17) is 0 Å². The average Bonchev–Trinajstić information content (AvgIpc) is 2.42. The molecule has 0 saturated carbocycles. The summed E-state index contributed by atoms with van der Waals surface area (Å²) in [4.78, 5) is 12.1. The van der Waals surface area contributed by atoms with Crippen molar-refractivity contribution in [3.8, 4) is 0 Å². The van der Waals surface area contributed by atoms with E-state index in [1.165, 1.54) is 0 Å². The Kier molecular flexibility index (Phi) is 6.56. The summed E-state index contributed by atoms with van der Waals surface area (Å²) in [5.41, 5.74) is 1.47. The average molecular weight is 282 g/mol. The molecule has 2 atom stereocenters. The van der Waals surface area contributed by atoms with Crippen LogP contribution in [-0.4, -0.2) is 34.7 Å². The Labute approximate surface area is 117 Å². The lowest BCUT2D eigenvalue weighted by molar-refractivity contribution is 0.0955. The van der Waals surface area contributed by atoms with Gasteiger partial charge in [-0.1, -0.05) is 19.1 Å². The number of carbonyl (C=O) groups is 1. The summed E-state index contributed by atoms with van der Waals surface area (Å²) in [5.74, 6) is -0.128. The lowest BCUT2D eigenvalue weighted by Gasteiger charge is -2.13. The quantitative estimate of drug-likeness (QED) is 0.804. The van der Waals surface area contributed by atoms with E-state index in [1.807, 2.05) is 25.1 Å². The van der Waals surface area contributed by atoms with Crippen LogP contribution in [0.3, 0.4) is 0 Å². The number of hydrogen-bond donors (Lipinski definition) is 2. The highest BCUT2D eigenvalue weighted by Gasteiger charge is 2.12. The van der Waals surface area contributed by atoms with Gasteiger partial charge in [-0.05, 0) is 25.5 Å². The molecule has 1 amide bonds. The molecule has 1 rings (SSSR count). The molecule has 0 saturated heterocycles. The van der Waals surface area contributed by atoms with Crippen molar-refractivity contribution in [2.75, 3.05) is 24.7 Å². The summed E-state index contributed by atoms with van der Waals surface area (Å²) in [7, 11) is -0.924. The molecule has 0 aromatic heterocycles. The molecular weight excluding hydrogens is 260 g/mol. The number of benzene rings is 1. The fraction of sp³-hybridized carbons (Fsp3) is 0.500. The Morgan fingerprint density at radius 3 is 2.68 bits per heavy atom. The van der Waals surface area contributed by atoms with Crippen LogP contribution in [0.2, 0.25) is 0 Å². The highest BCUT2D eigenvalue weighted by Crippen LogP contribution is 2.14. The molecule has 0 fully saturated rings. The molecule has 0 aliphatic carbocycles. The van der Waals surface area contributed by atoms with E-state index in [-0.39, 0.29) is 11.2 Å². The van der Waals surface area contributed by atoms with Crippen LogP contribution >= 0.6 is 0 Å². The van der Waals surface area contributed by atoms with Crippen LogP contribution in [0.15, 0.2) is 24.3 Å². The molecular formula is C14H22N2O2S. The first-order chi connectivity index (χ1) is 9.06. The van der Waals surface area contributed by atoms with Gasteiger partial charge in [0.2, 0.25) is 0 Å². The Hall–Kier alpha value is -1.36. The summed E-state index contributed by atoms with van der Waals surface area (Å²) < 4.78 is 11.2. The Morgan fingerprint density at radius 1 is 1.37 bits per heavy atom. The van der Waals surface area contributed by atoms with Crippen molar-refractivity contribution in [1.29, 1.82) is 0 Å². The van der Waals surface area contributed by atoms with Crippen LogP contribution in [0.1, 0.15) is 30.6 Å². The second-order valence-electron chi connectivity index (χ2n) is 4.49. The number of hydrogen-bond acceptors (Lipinski definition) is 3. The molecule has 5 heteroatoms. The van der Waals surface area contributed by atoms with E-state index < -0.39 is 10.8 Å². The van der Waals surface area contributed by atoms with Crippen LogP contribution in [0.5, 0.6) is 0 Å². The van der Waals surface area contributed by atoms with Crippen molar-refractivity contribution < 1.29 is 9.00 Å². The maximum absolute atomic E-state index is 12.1. The fourth-order valence-corrected chi connectivity index (χ4v) is 1.86. The predicted molar refractivity (Wildman–Crippen MR) is 81.1 cm³/mol. The van der Waals surface area contributed by atoms with Gasteiger partial charge < -0.3 is 10.6 Å². The van der Waals surface area contributed by atoms with Crippen molar-refractivity contribution in [2.24, 2.45) is 0 Å². The molecule has 106 valence electrons. The van der Waals surface area contributed by atoms with Crippen LogP contribution in [0.4, 0.5) is 5.69 Å². The Balaban J connectivity index is 2.68. The Morgan fingerprint density at radius 2 is 2.05 bits per heavy atom. The highest BCUT2D eigenvalue weighted by molar-refractivity contribution is 7.84. The lowest BCUT2D eigenvalue weighted by atomic mass is 10.1. The number of carbonyl (C=O) groups excluding carboxylic acids is 1. The molecule has 4 nitrogen and oxygen atoms in total. The number of anilines is 1. The highest BCUT2D eigenvalue weighted by atomic mass is 32.2. The molecule has 2 unspecified atom stereocenters. The minimum absolute atomic E-state index is 0.0419. The summed E-state index contributed by atoms with van der Waals surface area (Å²) in [6, 6.07) is 7.43. The molecule has 0 bridgehead atoms. The Bertz CT molecular complexity index is 449. The van der Waals surface area contributed by atoms with E-state index in [1.54, 1.807) is 12.3 Å². The largest absolute Gasteiger partial charge is 0.384 e. The number of para-hydroxylation sites is 1. The standard InChI is InChI=1S/C14H22N2O2S/c1-4-9-15-13-8-6-5-7-12(13)14(17)16-10-11(2)19(3)18/h5-8,11,15H,4,9-10H2,1-3H3,(H,16,17). The minimum Gasteiger partial charge on any atom is -0.384 e. The minimum atomic E-state index is -0.924. The van der Waals surface area contributed by atoms with Crippen LogP contribution in [-0.2, 0) is 10.8 Å². The number of amides is 1. The third-order valence-electron chi connectivity index (χ3n) is 2.85. The lowest BCUT2D eigenvalue weighted by Crippen LogP contribution is -2.33. The van der Waals surface area contributed by atoms with Crippen molar-refractivity contribution in [2.45, 2.75) is 25.5 Å². The van der Waals surface area contributed by atoms with E-state index in [2.05, 4.69) is 17.6 Å². The second-order valence-corrected chi connectivity index (χ2v) is 6.29. The van der Waals surface area contributed by atoms with Gasteiger partial charge in [-0.2, -0.15) is 0 Å². The molecule has 0 heterocycles. The summed E-state index contributed by atoms with van der Waals surface area (Å²) >= 11 is 0. The van der Waals surface area contributed by atoms with Gasteiger partial charge in [-0.25, -0.2) is 0 Å². The van der Waals surface area contributed by atoms with Crippen LogP contribution < -0.4 is 10.6 Å². The summed E-state index contributed by atoms with van der Waals surface area (Å²) in [6.45, 7) is 5.19. The normalized spacial score (nSPS) is 13.6. The van der Waals surface area contributed by atoms with Crippen LogP contribution in [0, 0.1) is 0 Å². The van der Waals surface area contributed by atoms with Gasteiger partial charge in [-0.15, -0.1) is 0 Å². The van der Waals surface area contributed by atoms with Crippen LogP contribution in [0.25, 0.3) is 0 Å². The van der Waals surface area contributed by atoms with Gasteiger partial charge in [0.05, 0.1) is 5.56 Å². The second kappa shape index (κ2) is 7.94. The maximum atomic E-state index is 12.1. The van der Waals surface area contributed by atoms with Crippen molar-refractivity contribution >= 4 is 22.4 Å². The third kappa shape index (κ3) is 5.03. The first-order valence-corrected chi connectivity index (χ1v) is 8.11. The SMILES string of the molecule is CCCNc1ccccc1C(=O)NCC(C)S(C)=O. The van der Waals surface area contributed by atoms with Crippen molar-refractivity contribution in [3.05, 3.63) is 29.8 Å². The zero-order chi connectivity index (χ0) is 14.3. The molecule has 19 heavy (non-hydrogen) atoms.